The summed E-state index contributed by atoms with van der Waals surface area (Å²) in [4.78, 5) is 0. The number of benzene rings is 9. The number of nitrogens with zero attached hydrogens (tertiary/aromatic N) is 4. The minimum absolute atomic E-state index is 0.747. The molecule has 0 aliphatic rings. The zero-order valence-corrected chi connectivity index (χ0v) is 29.7. The average Bonchev–Trinajstić information content (AvgIpc) is 3.80. The van der Waals surface area contributed by atoms with E-state index in [2.05, 4.69) is 213 Å². The molecule has 254 valence electrons. The highest BCUT2D eigenvalue weighted by molar-refractivity contribution is 6.05. The van der Waals surface area contributed by atoms with Crippen LogP contribution in [-0.4, -0.2) is 9.13 Å². The Balaban J connectivity index is 1.06. The minimum Gasteiger partial charge on any atom is -0.225 e. The molecule has 0 saturated carbocycles. The standard InChI is InChI=1S/C50H36N4/c1-3-15-37-29-39(27-25-35(37)13-1)53-33-51(47-21-9-11-23-49(47)53)31-45-41-17-5-7-19-43(41)46(44-20-8-6-18-42(44)45)32-52-34-54(50-24-12-10-22-48(50)52)40-28-26-36-14-2-4-16-38(36)30-40/h1-30,33-34H,31-32H2/q+2. The van der Waals surface area contributed by atoms with Crippen LogP contribution < -0.4 is 9.13 Å². The van der Waals surface area contributed by atoms with Crippen LogP contribution in [-0.2, 0) is 13.1 Å². The summed E-state index contributed by atoms with van der Waals surface area (Å²) in [5.74, 6) is 0. The lowest BCUT2D eigenvalue weighted by Crippen LogP contribution is -2.34. The molecule has 11 aromatic rings. The Kier molecular flexibility index (Phi) is 6.96. The molecule has 0 saturated heterocycles. The van der Waals surface area contributed by atoms with Gasteiger partial charge in [-0.3, -0.25) is 0 Å². The molecule has 2 heterocycles. The second kappa shape index (κ2) is 12.3. The summed E-state index contributed by atoms with van der Waals surface area (Å²) in [6, 6.07) is 66.2. The maximum atomic E-state index is 2.42. The van der Waals surface area contributed by atoms with Crippen molar-refractivity contribution in [3.05, 3.63) is 206 Å². The quantitative estimate of drug-likeness (QED) is 0.122. The van der Waals surface area contributed by atoms with Gasteiger partial charge in [-0.25, -0.2) is 9.13 Å². The Morgan fingerprint density at radius 3 is 1.11 bits per heavy atom. The molecule has 0 fully saturated rings. The molecule has 0 spiro atoms. The molecular formula is C50H36N4+2. The van der Waals surface area contributed by atoms with Crippen molar-refractivity contribution >= 4 is 65.2 Å². The van der Waals surface area contributed by atoms with E-state index in [9.17, 15) is 0 Å². The topological polar surface area (TPSA) is 17.6 Å². The molecule has 0 atom stereocenters. The van der Waals surface area contributed by atoms with E-state index in [-0.39, 0.29) is 0 Å². The van der Waals surface area contributed by atoms with Gasteiger partial charge in [0.05, 0.1) is 0 Å². The fourth-order valence-electron chi connectivity index (χ4n) is 8.66. The second-order valence-corrected chi connectivity index (χ2v) is 14.3. The normalized spacial score (nSPS) is 11.9. The lowest BCUT2D eigenvalue weighted by atomic mass is 9.91. The van der Waals surface area contributed by atoms with Gasteiger partial charge in [-0.15, -0.1) is 0 Å². The fourth-order valence-corrected chi connectivity index (χ4v) is 8.66. The van der Waals surface area contributed by atoms with Crippen LogP contribution in [0.5, 0.6) is 0 Å². The average molecular weight is 693 g/mol. The first kappa shape index (κ1) is 30.6. The predicted octanol–water partition coefficient (Wildman–Crippen LogP) is 10.9. The molecule has 54 heavy (non-hydrogen) atoms. The summed E-state index contributed by atoms with van der Waals surface area (Å²) in [5, 5.41) is 10.1. The summed E-state index contributed by atoms with van der Waals surface area (Å²) in [6.07, 6.45) is 4.56. The Bertz CT molecular complexity index is 2960. The van der Waals surface area contributed by atoms with E-state index in [1.54, 1.807) is 0 Å². The number of fused-ring (bicyclic) bond motifs is 6. The lowest BCUT2D eigenvalue weighted by molar-refractivity contribution is -0.662. The Morgan fingerprint density at radius 1 is 0.333 bits per heavy atom. The van der Waals surface area contributed by atoms with Crippen LogP contribution in [0.2, 0.25) is 0 Å². The maximum Gasteiger partial charge on any atom is 0.250 e. The number of hydrogen-bond acceptors (Lipinski definition) is 0. The van der Waals surface area contributed by atoms with Crippen molar-refractivity contribution in [2.45, 2.75) is 13.1 Å². The summed E-state index contributed by atoms with van der Waals surface area (Å²) >= 11 is 0. The van der Waals surface area contributed by atoms with E-state index < -0.39 is 0 Å². The summed E-state index contributed by atoms with van der Waals surface area (Å²) in [6.45, 7) is 1.49. The molecule has 4 nitrogen and oxygen atoms in total. The molecule has 9 aromatic carbocycles. The smallest absolute Gasteiger partial charge is 0.225 e. The van der Waals surface area contributed by atoms with Gasteiger partial charge in [0.2, 0.25) is 12.7 Å². The highest BCUT2D eigenvalue weighted by Crippen LogP contribution is 2.34. The Hall–Kier alpha value is -7.04. The van der Waals surface area contributed by atoms with E-state index in [1.165, 1.54) is 76.3 Å². The van der Waals surface area contributed by atoms with Gasteiger partial charge in [0, 0.05) is 11.1 Å². The van der Waals surface area contributed by atoms with Crippen LogP contribution in [0.1, 0.15) is 11.1 Å². The zero-order valence-electron chi connectivity index (χ0n) is 29.7. The third kappa shape index (κ3) is 4.91. The molecule has 0 aliphatic heterocycles. The SMILES string of the molecule is c1ccc2cc(-n3c[n+](Cc4c5ccccc5c(C[n+]5cn(-c6ccc7ccccc7c6)c6ccccc65)c5ccccc45)c4ccccc43)ccc2c1. The zero-order chi connectivity index (χ0) is 35.6. The van der Waals surface area contributed by atoms with Crippen molar-refractivity contribution in [3.8, 4) is 11.4 Å². The lowest BCUT2D eigenvalue weighted by Gasteiger charge is -2.15. The molecule has 0 bridgehead atoms. The van der Waals surface area contributed by atoms with Crippen molar-refractivity contribution in [2.24, 2.45) is 0 Å². The first-order valence-corrected chi connectivity index (χ1v) is 18.7. The minimum atomic E-state index is 0.747. The van der Waals surface area contributed by atoms with Crippen molar-refractivity contribution in [2.75, 3.05) is 0 Å². The van der Waals surface area contributed by atoms with Gasteiger partial charge in [0.25, 0.3) is 0 Å². The van der Waals surface area contributed by atoms with Gasteiger partial charge >= 0.3 is 0 Å². The number of imidazole rings is 2. The number of rotatable bonds is 6. The van der Waals surface area contributed by atoms with Crippen molar-refractivity contribution in [1.82, 2.24) is 9.13 Å². The highest BCUT2D eigenvalue weighted by Gasteiger charge is 2.23. The molecule has 0 N–H and O–H groups in total. The monoisotopic (exact) mass is 692 g/mol. The molecule has 4 heteroatoms. The van der Waals surface area contributed by atoms with Gasteiger partial charge in [-0.1, -0.05) is 133 Å². The fraction of sp³-hybridized carbons (Fsp3) is 0.0400. The van der Waals surface area contributed by atoms with Crippen LogP contribution in [0.25, 0.3) is 76.5 Å². The van der Waals surface area contributed by atoms with Crippen LogP contribution in [0, 0.1) is 0 Å². The largest absolute Gasteiger partial charge is 0.250 e. The Labute approximate surface area is 312 Å². The highest BCUT2D eigenvalue weighted by atomic mass is 15.1. The van der Waals surface area contributed by atoms with Gasteiger partial charge in [0.15, 0.2) is 22.1 Å². The van der Waals surface area contributed by atoms with Crippen LogP contribution >= 0.6 is 0 Å². The van der Waals surface area contributed by atoms with E-state index in [0.717, 1.165) is 24.5 Å². The number of hydrogen-bond donors (Lipinski definition) is 0. The van der Waals surface area contributed by atoms with Crippen molar-refractivity contribution in [3.63, 3.8) is 0 Å². The number of aromatic nitrogens is 4. The molecule has 0 radical (unpaired) electrons. The van der Waals surface area contributed by atoms with Crippen molar-refractivity contribution in [1.29, 1.82) is 0 Å². The van der Waals surface area contributed by atoms with Gasteiger partial charge in [0.1, 0.15) is 24.5 Å². The predicted molar refractivity (Wildman–Crippen MR) is 222 cm³/mol. The first-order chi connectivity index (χ1) is 26.8. The van der Waals surface area contributed by atoms with Crippen LogP contribution in [0.3, 0.4) is 0 Å². The molecule has 0 amide bonds. The molecular weight excluding hydrogens is 657 g/mol. The van der Waals surface area contributed by atoms with Crippen LogP contribution in [0.4, 0.5) is 0 Å². The molecule has 11 rings (SSSR count). The van der Waals surface area contributed by atoms with E-state index in [0.29, 0.717) is 0 Å². The van der Waals surface area contributed by atoms with Crippen molar-refractivity contribution < 1.29 is 9.13 Å². The van der Waals surface area contributed by atoms with Gasteiger partial charge in [-0.05, 0) is 91.6 Å². The van der Waals surface area contributed by atoms with E-state index in [1.807, 2.05) is 0 Å². The summed E-state index contributed by atoms with van der Waals surface area (Å²) in [5.41, 5.74) is 9.79. The molecule has 0 unspecified atom stereocenters. The van der Waals surface area contributed by atoms with Gasteiger partial charge in [-0.2, -0.15) is 9.13 Å². The molecule has 2 aromatic heterocycles. The third-order valence-corrected chi connectivity index (χ3v) is 11.2. The van der Waals surface area contributed by atoms with E-state index >= 15 is 0 Å². The maximum absolute atomic E-state index is 2.42. The third-order valence-electron chi connectivity index (χ3n) is 11.2. The number of para-hydroxylation sites is 4. The van der Waals surface area contributed by atoms with Gasteiger partial charge < -0.3 is 0 Å². The summed E-state index contributed by atoms with van der Waals surface area (Å²) in [7, 11) is 0. The van der Waals surface area contributed by atoms with Crippen LogP contribution in [0.15, 0.2) is 195 Å². The van der Waals surface area contributed by atoms with E-state index in [4.69, 9.17) is 0 Å². The Morgan fingerprint density at radius 2 is 0.685 bits per heavy atom. The summed E-state index contributed by atoms with van der Waals surface area (Å²) < 4.78 is 9.51. The molecule has 0 aliphatic carbocycles. The first-order valence-electron chi connectivity index (χ1n) is 18.7. The second-order valence-electron chi connectivity index (χ2n) is 14.3.